The Kier molecular flexibility index (Phi) is 5.69. The van der Waals surface area contributed by atoms with Gasteiger partial charge in [0.15, 0.2) is 17.5 Å². The number of aromatic hydroxyl groups is 1. The van der Waals surface area contributed by atoms with Gasteiger partial charge in [0.1, 0.15) is 5.69 Å². The van der Waals surface area contributed by atoms with E-state index in [4.69, 9.17) is 0 Å². The summed E-state index contributed by atoms with van der Waals surface area (Å²) in [6.45, 7) is 3.68. The van der Waals surface area contributed by atoms with Crippen molar-refractivity contribution in [3.05, 3.63) is 88.4 Å². The van der Waals surface area contributed by atoms with Crippen LogP contribution in [0.25, 0.3) is 10.9 Å². The van der Waals surface area contributed by atoms with Crippen molar-refractivity contribution < 1.29 is 14.7 Å². The Morgan fingerprint density at radius 1 is 1.08 bits per heavy atom. The van der Waals surface area contributed by atoms with Gasteiger partial charge in [-0.25, -0.2) is 4.99 Å². The highest BCUT2D eigenvalue weighted by Crippen LogP contribution is 2.28. The molecule has 0 fully saturated rings. The van der Waals surface area contributed by atoms with E-state index in [-0.39, 0.29) is 17.6 Å². The van der Waals surface area contributed by atoms with E-state index in [1.165, 1.54) is 10.9 Å². The Morgan fingerprint density at radius 3 is 2.61 bits per heavy atom. The summed E-state index contributed by atoms with van der Waals surface area (Å²) in [6.07, 6.45) is 1.51. The number of aromatic amines is 2. The van der Waals surface area contributed by atoms with Gasteiger partial charge in [-0.15, -0.1) is 0 Å². The normalized spacial score (nSPS) is 11.4. The monoisotopic (exact) mass is 481 g/mol. The number of aryl methyl sites for hydroxylation is 3. The number of fused-ring (bicyclic) bond motifs is 1. The van der Waals surface area contributed by atoms with Gasteiger partial charge in [-0.05, 0) is 50.2 Å². The second kappa shape index (κ2) is 8.99. The first-order valence-corrected chi connectivity index (χ1v) is 11.2. The fourth-order valence-electron chi connectivity index (χ4n) is 3.99. The third-order valence-corrected chi connectivity index (χ3v) is 5.72. The predicted molar refractivity (Wildman–Crippen MR) is 136 cm³/mol. The van der Waals surface area contributed by atoms with Crippen LogP contribution in [0.15, 0.2) is 59.6 Å². The number of aromatic nitrogens is 5. The highest BCUT2D eigenvalue weighted by molar-refractivity contribution is 6.13. The number of hydrogen-bond acceptors (Lipinski definition) is 6. The minimum absolute atomic E-state index is 0.0549. The molecule has 5 aromatic rings. The van der Waals surface area contributed by atoms with Crippen LogP contribution in [0, 0.1) is 13.8 Å². The first-order chi connectivity index (χ1) is 17.3. The summed E-state index contributed by atoms with van der Waals surface area (Å²) in [6, 6.07) is 15.3. The highest BCUT2D eigenvalue weighted by atomic mass is 16.3. The second-order valence-electron chi connectivity index (χ2n) is 8.47. The average Bonchev–Trinajstić information content (AvgIpc) is 3.52. The van der Waals surface area contributed by atoms with Crippen molar-refractivity contribution in [3.8, 4) is 5.88 Å². The summed E-state index contributed by atoms with van der Waals surface area (Å²) in [4.78, 5) is 33.2. The van der Waals surface area contributed by atoms with Crippen LogP contribution >= 0.6 is 0 Å². The van der Waals surface area contributed by atoms with Crippen LogP contribution in [0.2, 0.25) is 0 Å². The van der Waals surface area contributed by atoms with E-state index in [0.29, 0.717) is 44.8 Å². The van der Waals surface area contributed by atoms with Crippen molar-refractivity contribution >= 4 is 40.3 Å². The number of anilines is 1. The Morgan fingerprint density at radius 2 is 1.89 bits per heavy atom. The van der Waals surface area contributed by atoms with E-state index < -0.39 is 0 Å². The van der Waals surface area contributed by atoms with E-state index >= 15 is 0 Å². The molecular weight excluding hydrogens is 458 g/mol. The van der Waals surface area contributed by atoms with E-state index in [1.807, 2.05) is 13.8 Å². The van der Waals surface area contributed by atoms with Crippen LogP contribution in [0.3, 0.4) is 0 Å². The minimum Gasteiger partial charge on any atom is -0.494 e. The molecule has 0 radical (unpaired) electrons. The molecule has 4 N–H and O–H groups in total. The molecule has 0 unspecified atom stereocenters. The van der Waals surface area contributed by atoms with Crippen LogP contribution in [0.4, 0.5) is 11.5 Å². The molecule has 0 aliphatic carbocycles. The molecule has 10 nitrogen and oxygen atoms in total. The maximum absolute atomic E-state index is 13.3. The topological polar surface area (TPSA) is 141 Å². The quantitative estimate of drug-likeness (QED) is 0.213. The number of hydrogen-bond donors (Lipinski definition) is 4. The van der Waals surface area contributed by atoms with Crippen LogP contribution in [0.1, 0.15) is 43.4 Å². The lowest BCUT2D eigenvalue weighted by atomic mass is 10.0. The number of aliphatic imine (C=N–C) groups is 1. The number of carbonyl (C=O) groups is 2. The summed E-state index contributed by atoms with van der Waals surface area (Å²) in [5, 5.41) is 24.9. The van der Waals surface area contributed by atoms with Crippen molar-refractivity contribution in [2.45, 2.75) is 13.8 Å². The fourth-order valence-corrected chi connectivity index (χ4v) is 3.99. The Labute approximate surface area is 205 Å². The van der Waals surface area contributed by atoms with Crippen LogP contribution in [-0.2, 0) is 7.05 Å². The molecule has 5 rings (SSSR count). The summed E-state index contributed by atoms with van der Waals surface area (Å²) >= 11 is 0. The Hall–Kier alpha value is -4.99. The van der Waals surface area contributed by atoms with Gasteiger partial charge in [0.2, 0.25) is 0 Å². The van der Waals surface area contributed by atoms with Gasteiger partial charge in [-0.2, -0.15) is 10.2 Å². The van der Waals surface area contributed by atoms with E-state index in [9.17, 15) is 14.7 Å². The number of rotatable bonds is 6. The van der Waals surface area contributed by atoms with Crippen LogP contribution in [-0.4, -0.2) is 48.0 Å². The molecule has 3 aromatic heterocycles. The number of carbonyl (C=O) groups excluding carboxylic acids is 2. The van der Waals surface area contributed by atoms with E-state index in [2.05, 4.69) is 30.6 Å². The number of nitrogens with one attached hydrogen (secondary N) is 3. The standard InChI is InChI=1S/C26H23N7O3/c1-14-10-23(31-30-14)27-13-20-19-12-17(7-8-21(19)29-25(20)35)24(34)16-5-4-6-18(11-16)28-26(36)22-9-15(2)32-33(22)3/h4-13,29,35H,1-3H3,(H,28,36)(H,30,31). The molecule has 0 saturated heterocycles. The summed E-state index contributed by atoms with van der Waals surface area (Å²) < 4.78 is 1.51. The number of H-pyrrole nitrogens is 2. The molecule has 36 heavy (non-hydrogen) atoms. The molecule has 0 bridgehead atoms. The van der Waals surface area contributed by atoms with Crippen LogP contribution in [0.5, 0.6) is 5.88 Å². The molecule has 2 aromatic carbocycles. The third-order valence-electron chi connectivity index (χ3n) is 5.72. The molecular formula is C26H23N7O3. The number of benzene rings is 2. The molecule has 10 heteroatoms. The zero-order valence-electron chi connectivity index (χ0n) is 19.8. The van der Waals surface area contributed by atoms with Crippen molar-refractivity contribution in [2.75, 3.05) is 5.32 Å². The highest BCUT2D eigenvalue weighted by Gasteiger charge is 2.16. The van der Waals surface area contributed by atoms with E-state index in [0.717, 1.165) is 11.4 Å². The van der Waals surface area contributed by atoms with Crippen molar-refractivity contribution in [1.29, 1.82) is 0 Å². The molecule has 3 heterocycles. The van der Waals surface area contributed by atoms with Crippen molar-refractivity contribution in [3.63, 3.8) is 0 Å². The van der Waals surface area contributed by atoms with Gasteiger partial charge in [0.05, 0.1) is 11.3 Å². The average molecular weight is 482 g/mol. The van der Waals surface area contributed by atoms with Crippen molar-refractivity contribution in [2.24, 2.45) is 12.0 Å². The zero-order chi connectivity index (χ0) is 25.4. The van der Waals surface area contributed by atoms with Gasteiger partial charge in [-0.3, -0.25) is 19.4 Å². The van der Waals surface area contributed by atoms with Gasteiger partial charge in [-0.1, -0.05) is 12.1 Å². The lowest BCUT2D eigenvalue weighted by Gasteiger charge is -2.08. The van der Waals surface area contributed by atoms with Gasteiger partial charge >= 0.3 is 0 Å². The lowest BCUT2D eigenvalue weighted by Crippen LogP contribution is -2.16. The van der Waals surface area contributed by atoms with E-state index in [1.54, 1.807) is 61.6 Å². The molecule has 0 aliphatic rings. The third kappa shape index (κ3) is 4.39. The van der Waals surface area contributed by atoms with Gasteiger partial charge < -0.3 is 15.4 Å². The lowest BCUT2D eigenvalue weighted by molar-refractivity contribution is 0.101. The number of nitrogens with zero attached hydrogens (tertiary/aromatic N) is 4. The SMILES string of the molecule is Cc1cc(C(=O)Nc2cccc(C(=O)c3ccc4[nH]c(O)c(C=Nc5cc(C)[nH]n5)c4c3)c2)n(C)n1. The van der Waals surface area contributed by atoms with Crippen LogP contribution < -0.4 is 5.32 Å². The fraction of sp³-hybridized carbons (Fsp3) is 0.115. The van der Waals surface area contributed by atoms with Gasteiger partial charge in [0.25, 0.3) is 5.91 Å². The smallest absolute Gasteiger partial charge is 0.273 e. The minimum atomic E-state index is -0.317. The molecule has 1 amide bonds. The molecule has 0 spiro atoms. The number of ketones is 1. The first kappa shape index (κ1) is 22.8. The number of amides is 1. The molecule has 0 saturated carbocycles. The first-order valence-electron chi connectivity index (χ1n) is 11.2. The molecule has 0 aliphatic heterocycles. The summed E-state index contributed by atoms with van der Waals surface area (Å²) in [5.74, 6) is -0.117. The maximum Gasteiger partial charge on any atom is 0.273 e. The largest absolute Gasteiger partial charge is 0.494 e. The zero-order valence-corrected chi connectivity index (χ0v) is 19.8. The second-order valence-corrected chi connectivity index (χ2v) is 8.47. The Balaban J connectivity index is 1.42. The van der Waals surface area contributed by atoms with Gasteiger partial charge in [0, 0.05) is 52.7 Å². The maximum atomic E-state index is 13.3. The van der Waals surface area contributed by atoms with Crippen molar-refractivity contribution in [1.82, 2.24) is 25.0 Å². The molecule has 0 atom stereocenters. The molecule has 180 valence electrons. The predicted octanol–water partition coefficient (Wildman–Crippen LogP) is 4.18. The summed E-state index contributed by atoms with van der Waals surface area (Å²) in [7, 11) is 1.70. The Bertz CT molecular complexity index is 1660. The summed E-state index contributed by atoms with van der Waals surface area (Å²) in [5.41, 5.74) is 4.47.